The number of carbonyl (C=O) groups excluding carboxylic acids is 1. The van der Waals surface area contributed by atoms with Crippen LogP contribution in [0.25, 0.3) is 22.8 Å². The molecule has 178 valence electrons. The Morgan fingerprint density at radius 2 is 1.83 bits per heavy atom. The second kappa shape index (κ2) is 10.4. The monoisotopic (exact) mass is 469 g/mol. The zero-order chi connectivity index (χ0) is 24.0. The highest BCUT2D eigenvalue weighted by molar-refractivity contribution is 5.79. The number of carbonyl (C=O) groups is 1. The maximum atomic E-state index is 12.8. The Bertz CT molecular complexity index is 1280. The number of aromatic nitrogens is 3. The summed E-state index contributed by atoms with van der Waals surface area (Å²) in [5.74, 6) is 2.58. The molecule has 3 heterocycles. The van der Waals surface area contributed by atoms with Crippen LogP contribution >= 0.6 is 0 Å². The quantitative estimate of drug-likeness (QED) is 0.430. The zero-order valence-corrected chi connectivity index (χ0v) is 19.6. The van der Waals surface area contributed by atoms with Crippen LogP contribution in [0, 0.1) is 5.92 Å². The van der Waals surface area contributed by atoms with Gasteiger partial charge in [-0.1, -0.05) is 53.7 Å². The van der Waals surface area contributed by atoms with E-state index in [1.165, 1.54) is 0 Å². The van der Waals surface area contributed by atoms with Gasteiger partial charge >= 0.3 is 0 Å². The lowest BCUT2D eigenvalue weighted by Crippen LogP contribution is -2.40. The molecule has 0 bridgehead atoms. The van der Waals surface area contributed by atoms with E-state index in [-0.39, 0.29) is 11.8 Å². The summed E-state index contributed by atoms with van der Waals surface area (Å²) in [7, 11) is 1.64. The number of anilines is 1. The first-order valence-corrected chi connectivity index (χ1v) is 11.7. The van der Waals surface area contributed by atoms with Crippen molar-refractivity contribution in [1.29, 1.82) is 0 Å². The Balaban J connectivity index is 1.23. The number of piperidine rings is 1. The van der Waals surface area contributed by atoms with Crippen LogP contribution in [0.2, 0.25) is 0 Å². The van der Waals surface area contributed by atoms with E-state index in [0.717, 1.165) is 54.2 Å². The lowest BCUT2D eigenvalue weighted by molar-refractivity contribution is -0.125. The molecule has 1 amide bonds. The fourth-order valence-corrected chi connectivity index (χ4v) is 4.38. The van der Waals surface area contributed by atoms with Crippen molar-refractivity contribution in [3.8, 4) is 28.6 Å². The highest BCUT2D eigenvalue weighted by Crippen LogP contribution is 2.32. The molecule has 2 aromatic carbocycles. The molecule has 1 aliphatic rings. The number of benzene rings is 2. The van der Waals surface area contributed by atoms with Gasteiger partial charge in [-0.2, -0.15) is 4.98 Å². The predicted molar refractivity (Wildman–Crippen MR) is 133 cm³/mol. The van der Waals surface area contributed by atoms with E-state index in [4.69, 9.17) is 9.26 Å². The van der Waals surface area contributed by atoms with Crippen LogP contribution in [0.3, 0.4) is 0 Å². The Morgan fingerprint density at radius 3 is 2.63 bits per heavy atom. The van der Waals surface area contributed by atoms with Crippen molar-refractivity contribution >= 4 is 11.7 Å². The predicted octanol–water partition coefficient (Wildman–Crippen LogP) is 4.34. The lowest BCUT2D eigenvalue weighted by atomic mass is 9.95. The van der Waals surface area contributed by atoms with Crippen LogP contribution in [0.15, 0.2) is 77.4 Å². The number of rotatable bonds is 7. The number of methoxy groups -OCH3 is 1. The minimum Gasteiger partial charge on any atom is -0.496 e. The molecular weight excluding hydrogens is 442 g/mol. The first-order valence-electron chi connectivity index (χ1n) is 11.7. The molecule has 0 atom stereocenters. The van der Waals surface area contributed by atoms with Gasteiger partial charge in [0.05, 0.1) is 12.7 Å². The molecule has 1 fully saturated rings. The summed E-state index contributed by atoms with van der Waals surface area (Å²) in [6.07, 6.45) is 3.25. The van der Waals surface area contributed by atoms with Crippen molar-refractivity contribution in [2.24, 2.45) is 5.92 Å². The molecule has 4 aromatic rings. The molecule has 35 heavy (non-hydrogen) atoms. The molecule has 0 aliphatic carbocycles. The van der Waals surface area contributed by atoms with E-state index in [1.54, 1.807) is 13.3 Å². The largest absolute Gasteiger partial charge is 0.496 e. The first-order chi connectivity index (χ1) is 17.2. The van der Waals surface area contributed by atoms with E-state index in [2.05, 4.69) is 25.3 Å². The number of nitrogens with zero attached hydrogens (tertiary/aromatic N) is 4. The Hall–Kier alpha value is -4.20. The van der Waals surface area contributed by atoms with Crippen LogP contribution in [0.4, 0.5) is 5.82 Å². The van der Waals surface area contributed by atoms with Gasteiger partial charge in [0, 0.05) is 42.9 Å². The minimum absolute atomic E-state index is 0.0405. The summed E-state index contributed by atoms with van der Waals surface area (Å²) in [6, 6.07) is 21.3. The Kier molecular flexibility index (Phi) is 6.70. The molecule has 1 aliphatic heterocycles. The molecule has 0 saturated carbocycles. The fraction of sp³-hybridized carbons (Fsp3) is 0.259. The van der Waals surface area contributed by atoms with Crippen LogP contribution in [-0.2, 0) is 11.3 Å². The maximum absolute atomic E-state index is 12.8. The van der Waals surface area contributed by atoms with E-state index in [9.17, 15) is 4.79 Å². The average molecular weight is 470 g/mol. The van der Waals surface area contributed by atoms with Crippen molar-refractivity contribution in [1.82, 2.24) is 20.4 Å². The number of nitrogens with one attached hydrogen (secondary N) is 1. The van der Waals surface area contributed by atoms with Gasteiger partial charge in [0.1, 0.15) is 11.6 Å². The summed E-state index contributed by atoms with van der Waals surface area (Å²) in [4.78, 5) is 24.2. The molecule has 0 unspecified atom stereocenters. The molecule has 1 N–H and O–H groups in total. The number of amides is 1. The summed E-state index contributed by atoms with van der Waals surface area (Å²) >= 11 is 0. The summed E-state index contributed by atoms with van der Waals surface area (Å²) in [6.45, 7) is 1.89. The van der Waals surface area contributed by atoms with Crippen molar-refractivity contribution < 1.29 is 14.1 Å². The number of hydrogen-bond donors (Lipinski definition) is 1. The van der Waals surface area contributed by atoms with Crippen LogP contribution in [-0.4, -0.2) is 41.2 Å². The third-order valence-corrected chi connectivity index (χ3v) is 6.29. The topological polar surface area (TPSA) is 93.4 Å². The second-order valence-corrected chi connectivity index (χ2v) is 8.45. The van der Waals surface area contributed by atoms with E-state index >= 15 is 0 Å². The number of ether oxygens (including phenoxy) is 1. The maximum Gasteiger partial charge on any atom is 0.261 e. The van der Waals surface area contributed by atoms with Crippen LogP contribution in [0.1, 0.15) is 18.4 Å². The lowest BCUT2D eigenvalue weighted by Gasteiger charge is -2.32. The van der Waals surface area contributed by atoms with Gasteiger partial charge in [-0.3, -0.25) is 4.79 Å². The van der Waals surface area contributed by atoms with Gasteiger partial charge in [0.2, 0.25) is 11.7 Å². The molecule has 0 spiro atoms. The molecule has 2 aromatic heterocycles. The van der Waals surface area contributed by atoms with Gasteiger partial charge in [0.25, 0.3) is 5.89 Å². The normalized spacial score (nSPS) is 14.0. The number of para-hydroxylation sites is 1. The molecule has 8 heteroatoms. The zero-order valence-electron chi connectivity index (χ0n) is 19.6. The minimum atomic E-state index is -0.0405. The molecule has 0 radical (unpaired) electrons. The third kappa shape index (κ3) is 5.01. The van der Waals surface area contributed by atoms with E-state index in [0.29, 0.717) is 18.3 Å². The highest BCUT2D eigenvalue weighted by atomic mass is 16.5. The van der Waals surface area contributed by atoms with Crippen molar-refractivity contribution in [2.45, 2.75) is 19.4 Å². The Labute approximate surface area is 204 Å². The van der Waals surface area contributed by atoms with E-state index in [1.807, 2.05) is 66.7 Å². The van der Waals surface area contributed by atoms with Crippen LogP contribution < -0.4 is 15.0 Å². The fourth-order valence-electron chi connectivity index (χ4n) is 4.38. The highest BCUT2D eigenvalue weighted by Gasteiger charge is 2.28. The third-order valence-electron chi connectivity index (χ3n) is 6.29. The average Bonchev–Trinajstić information content (AvgIpc) is 3.43. The molecule has 1 saturated heterocycles. The smallest absolute Gasteiger partial charge is 0.261 e. The second-order valence-electron chi connectivity index (χ2n) is 8.45. The Morgan fingerprint density at radius 1 is 1.06 bits per heavy atom. The molecule has 8 nitrogen and oxygen atoms in total. The van der Waals surface area contributed by atoms with Gasteiger partial charge in [-0.25, -0.2) is 4.98 Å². The molecule has 5 rings (SSSR count). The van der Waals surface area contributed by atoms with Crippen LogP contribution in [0.5, 0.6) is 5.75 Å². The summed E-state index contributed by atoms with van der Waals surface area (Å²) < 4.78 is 11.0. The number of hydrogen-bond acceptors (Lipinski definition) is 7. The van der Waals surface area contributed by atoms with E-state index < -0.39 is 0 Å². The number of pyridine rings is 1. The summed E-state index contributed by atoms with van der Waals surface area (Å²) in [5, 5.41) is 7.21. The van der Waals surface area contributed by atoms with Gasteiger partial charge in [-0.05, 0) is 31.0 Å². The van der Waals surface area contributed by atoms with Gasteiger partial charge < -0.3 is 19.5 Å². The standard InChI is InChI=1S/C27H27N5O3/c1-34-23-12-6-5-10-21(23)18-29-26(33)20-13-16-32(17-14-20)25-22(11-7-15-28-25)27-30-24(31-35-27)19-8-3-2-4-9-19/h2-12,15,20H,13-14,16-18H2,1H3,(H,29,33). The SMILES string of the molecule is COc1ccccc1CNC(=O)C1CCN(c2ncccc2-c2nc(-c3ccccc3)no2)CC1. The summed E-state index contributed by atoms with van der Waals surface area (Å²) in [5.41, 5.74) is 2.66. The first kappa shape index (κ1) is 22.6. The van der Waals surface area contributed by atoms with Gasteiger partial charge in [-0.15, -0.1) is 0 Å². The van der Waals surface area contributed by atoms with Gasteiger partial charge in [0.15, 0.2) is 0 Å². The van der Waals surface area contributed by atoms with Crippen molar-refractivity contribution in [2.75, 3.05) is 25.1 Å². The van der Waals surface area contributed by atoms with Crippen molar-refractivity contribution in [3.63, 3.8) is 0 Å². The molecular formula is C27H27N5O3. The van der Waals surface area contributed by atoms with Crippen molar-refractivity contribution in [3.05, 3.63) is 78.5 Å².